The van der Waals surface area contributed by atoms with Crippen LogP contribution in [-0.2, 0) is 6.42 Å². The quantitative estimate of drug-likeness (QED) is 0.687. The molecule has 3 rings (SSSR count). The van der Waals surface area contributed by atoms with E-state index in [2.05, 4.69) is 20.8 Å². The molecule has 5 nitrogen and oxygen atoms in total. The number of nitrogens with zero attached hydrogens (tertiary/aromatic N) is 2. The van der Waals surface area contributed by atoms with Crippen LogP contribution in [0, 0.1) is 6.92 Å². The third-order valence-corrected chi connectivity index (χ3v) is 4.13. The Hall–Kier alpha value is -2.92. The van der Waals surface area contributed by atoms with Crippen molar-refractivity contribution in [2.45, 2.75) is 13.3 Å². The molecule has 0 fully saturated rings. The Bertz CT molecular complexity index is 882. The van der Waals surface area contributed by atoms with Crippen molar-refractivity contribution in [2.24, 2.45) is 0 Å². The van der Waals surface area contributed by atoms with Gasteiger partial charge in [-0.25, -0.2) is 0 Å². The Morgan fingerprint density at radius 2 is 1.85 bits per heavy atom. The molecule has 0 spiro atoms. The molecule has 0 radical (unpaired) electrons. The van der Waals surface area contributed by atoms with Crippen LogP contribution in [0.4, 0.5) is 11.5 Å². The molecule has 0 bridgehead atoms. The molecule has 0 aliphatic rings. The summed E-state index contributed by atoms with van der Waals surface area (Å²) in [6.45, 7) is 2.50. The predicted octanol–water partition coefficient (Wildman–Crippen LogP) is 4.15. The predicted molar refractivity (Wildman–Crippen MR) is 104 cm³/mol. The molecule has 6 heteroatoms. The fraction of sp³-hybridized carbons (Fsp3) is 0.150. The number of carbonyl (C=O) groups is 1. The van der Waals surface area contributed by atoms with Crippen LogP contribution in [0.15, 0.2) is 60.7 Å². The van der Waals surface area contributed by atoms with Crippen LogP contribution in [0.2, 0.25) is 5.02 Å². The average Bonchev–Trinajstić information content (AvgIpc) is 2.65. The minimum atomic E-state index is -0.234. The Morgan fingerprint density at radius 3 is 2.54 bits per heavy atom. The minimum absolute atomic E-state index is 0.234. The van der Waals surface area contributed by atoms with Gasteiger partial charge in [0.25, 0.3) is 5.91 Å². The van der Waals surface area contributed by atoms with Gasteiger partial charge in [0.1, 0.15) is 0 Å². The summed E-state index contributed by atoms with van der Waals surface area (Å²) in [7, 11) is 0. The summed E-state index contributed by atoms with van der Waals surface area (Å²) in [6.07, 6.45) is 0.773. The smallest absolute Gasteiger partial charge is 0.271 e. The minimum Gasteiger partial charge on any atom is -0.350 e. The summed E-state index contributed by atoms with van der Waals surface area (Å²) in [5.41, 5.74) is 3.36. The van der Waals surface area contributed by atoms with Crippen LogP contribution < -0.4 is 10.6 Å². The van der Waals surface area contributed by atoms with Gasteiger partial charge in [0, 0.05) is 17.3 Å². The van der Waals surface area contributed by atoms with Crippen molar-refractivity contribution < 1.29 is 4.79 Å². The molecule has 1 amide bonds. The second-order valence-electron chi connectivity index (χ2n) is 5.88. The number of nitrogens with one attached hydrogen (secondary N) is 2. The molecule has 1 heterocycles. The summed E-state index contributed by atoms with van der Waals surface area (Å²) in [4.78, 5) is 12.1. The van der Waals surface area contributed by atoms with Crippen molar-refractivity contribution >= 4 is 29.0 Å². The van der Waals surface area contributed by atoms with Gasteiger partial charge in [-0.2, -0.15) is 0 Å². The molecule has 132 valence electrons. The molecular weight excluding hydrogens is 348 g/mol. The van der Waals surface area contributed by atoms with Gasteiger partial charge < -0.3 is 10.6 Å². The molecule has 1 aromatic heterocycles. The van der Waals surface area contributed by atoms with E-state index in [9.17, 15) is 4.79 Å². The standard InChI is InChI=1S/C20H19ClN4O/c1-14-13-16(21)7-8-17(14)23-19-10-9-18(24-25-19)20(26)22-12-11-15-5-3-2-4-6-15/h2-10,13H,11-12H2,1H3,(H,22,26)(H,23,25). The van der Waals surface area contributed by atoms with Gasteiger partial charge in [-0.1, -0.05) is 41.9 Å². The first-order valence-electron chi connectivity index (χ1n) is 8.31. The van der Waals surface area contributed by atoms with Crippen LogP contribution in [0.1, 0.15) is 21.6 Å². The van der Waals surface area contributed by atoms with Gasteiger partial charge in [0.2, 0.25) is 0 Å². The SMILES string of the molecule is Cc1cc(Cl)ccc1Nc1ccc(C(=O)NCCc2ccccc2)nn1. The fourth-order valence-electron chi connectivity index (χ4n) is 2.48. The van der Waals surface area contributed by atoms with E-state index in [0.29, 0.717) is 17.4 Å². The van der Waals surface area contributed by atoms with Gasteiger partial charge in [0.15, 0.2) is 11.5 Å². The molecule has 0 aliphatic heterocycles. The Balaban J connectivity index is 1.55. The lowest BCUT2D eigenvalue weighted by Gasteiger charge is -2.09. The molecule has 0 aliphatic carbocycles. The van der Waals surface area contributed by atoms with Crippen LogP contribution >= 0.6 is 11.6 Å². The average molecular weight is 367 g/mol. The molecule has 2 N–H and O–H groups in total. The molecule has 0 saturated carbocycles. The summed E-state index contributed by atoms with van der Waals surface area (Å²) in [6, 6.07) is 18.9. The maximum atomic E-state index is 12.1. The van der Waals surface area contributed by atoms with Crippen molar-refractivity contribution in [3.8, 4) is 0 Å². The summed E-state index contributed by atoms with van der Waals surface area (Å²) in [5, 5.41) is 14.8. The van der Waals surface area contributed by atoms with Crippen LogP contribution in [-0.4, -0.2) is 22.6 Å². The topological polar surface area (TPSA) is 66.9 Å². The number of hydrogen-bond donors (Lipinski definition) is 2. The van der Waals surface area contributed by atoms with Crippen LogP contribution in [0.5, 0.6) is 0 Å². The molecule has 2 aromatic carbocycles. The number of carbonyl (C=O) groups excluding carboxylic acids is 1. The van der Waals surface area contributed by atoms with Gasteiger partial charge in [0.05, 0.1) is 0 Å². The largest absolute Gasteiger partial charge is 0.350 e. The van der Waals surface area contributed by atoms with Crippen LogP contribution in [0.3, 0.4) is 0 Å². The highest BCUT2D eigenvalue weighted by molar-refractivity contribution is 6.30. The lowest BCUT2D eigenvalue weighted by atomic mass is 10.1. The summed E-state index contributed by atoms with van der Waals surface area (Å²) < 4.78 is 0. The fourth-order valence-corrected chi connectivity index (χ4v) is 2.71. The maximum absolute atomic E-state index is 12.1. The highest BCUT2D eigenvalue weighted by Crippen LogP contribution is 2.22. The Kier molecular flexibility index (Phi) is 5.81. The van der Waals surface area contributed by atoms with E-state index in [0.717, 1.165) is 17.7 Å². The zero-order valence-electron chi connectivity index (χ0n) is 14.4. The van der Waals surface area contributed by atoms with Gasteiger partial charge in [-0.05, 0) is 54.8 Å². The first kappa shape index (κ1) is 17.9. The van der Waals surface area contributed by atoms with Crippen molar-refractivity contribution in [3.63, 3.8) is 0 Å². The molecule has 0 saturated heterocycles. The molecular formula is C20H19ClN4O. The van der Waals surface area contributed by atoms with E-state index < -0.39 is 0 Å². The highest BCUT2D eigenvalue weighted by Gasteiger charge is 2.08. The number of anilines is 2. The van der Waals surface area contributed by atoms with E-state index in [1.807, 2.05) is 49.4 Å². The molecule has 0 unspecified atom stereocenters. The molecule has 26 heavy (non-hydrogen) atoms. The third-order valence-electron chi connectivity index (χ3n) is 3.89. The highest BCUT2D eigenvalue weighted by atomic mass is 35.5. The first-order valence-corrected chi connectivity index (χ1v) is 8.68. The van der Waals surface area contributed by atoms with Gasteiger partial charge in [-0.15, -0.1) is 10.2 Å². The third kappa shape index (κ3) is 4.80. The van der Waals surface area contributed by atoms with Crippen molar-refractivity contribution in [1.82, 2.24) is 15.5 Å². The second kappa shape index (κ2) is 8.45. The number of aromatic nitrogens is 2. The van der Waals surface area contributed by atoms with Crippen molar-refractivity contribution in [3.05, 3.63) is 82.5 Å². The lowest BCUT2D eigenvalue weighted by Crippen LogP contribution is -2.26. The summed E-state index contributed by atoms with van der Waals surface area (Å²) >= 11 is 5.96. The first-order chi connectivity index (χ1) is 12.6. The van der Waals surface area contributed by atoms with Crippen molar-refractivity contribution in [1.29, 1.82) is 0 Å². The number of halogens is 1. The van der Waals surface area contributed by atoms with Gasteiger partial charge in [-0.3, -0.25) is 4.79 Å². The number of amides is 1. The Morgan fingerprint density at radius 1 is 1.04 bits per heavy atom. The summed E-state index contributed by atoms with van der Waals surface area (Å²) in [5.74, 6) is 0.332. The number of rotatable bonds is 6. The van der Waals surface area contributed by atoms with Gasteiger partial charge >= 0.3 is 0 Å². The maximum Gasteiger partial charge on any atom is 0.271 e. The lowest BCUT2D eigenvalue weighted by molar-refractivity contribution is 0.0948. The van der Waals surface area contributed by atoms with E-state index in [1.165, 1.54) is 5.56 Å². The zero-order valence-corrected chi connectivity index (χ0v) is 15.1. The number of hydrogen-bond acceptors (Lipinski definition) is 4. The van der Waals surface area contributed by atoms with E-state index in [1.54, 1.807) is 18.2 Å². The normalized spacial score (nSPS) is 10.4. The van der Waals surface area contributed by atoms with E-state index in [4.69, 9.17) is 11.6 Å². The monoisotopic (exact) mass is 366 g/mol. The van der Waals surface area contributed by atoms with Crippen molar-refractivity contribution in [2.75, 3.05) is 11.9 Å². The van der Waals surface area contributed by atoms with Crippen LogP contribution in [0.25, 0.3) is 0 Å². The zero-order chi connectivity index (χ0) is 18.4. The second-order valence-corrected chi connectivity index (χ2v) is 6.32. The van der Waals surface area contributed by atoms with E-state index in [-0.39, 0.29) is 11.6 Å². The molecule has 3 aromatic rings. The molecule has 0 atom stereocenters. The van der Waals surface area contributed by atoms with E-state index >= 15 is 0 Å². The number of benzene rings is 2. The number of aryl methyl sites for hydroxylation is 1. The Labute approximate surface area is 157 Å².